The number of fused-ring (bicyclic) bond motifs is 1. The van der Waals surface area contributed by atoms with Crippen molar-refractivity contribution in [1.82, 2.24) is 4.98 Å². The lowest BCUT2D eigenvalue weighted by Crippen LogP contribution is -2.61. The number of carbonyl (C=O) groups is 2. The molecule has 6 nitrogen and oxygen atoms in total. The van der Waals surface area contributed by atoms with E-state index in [-0.39, 0.29) is 0 Å². The number of benzene rings is 1. The van der Waals surface area contributed by atoms with Crippen LogP contribution in [0.1, 0.15) is 26.7 Å². The van der Waals surface area contributed by atoms with Gasteiger partial charge in [-0.25, -0.2) is 9.37 Å². The molecule has 1 aromatic carbocycles. The Morgan fingerprint density at radius 2 is 2.04 bits per heavy atom. The maximum atomic E-state index is 13.0. The van der Waals surface area contributed by atoms with Crippen molar-refractivity contribution in [2.24, 2.45) is 0 Å². The summed E-state index contributed by atoms with van der Waals surface area (Å²) in [6, 6.07) is 8.67. The molecule has 1 aromatic heterocycles. The van der Waals surface area contributed by atoms with E-state index in [2.05, 4.69) is 10.3 Å². The lowest BCUT2D eigenvalue weighted by molar-refractivity contribution is -0.145. The quantitative estimate of drug-likeness (QED) is 0.835. The van der Waals surface area contributed by atoms with Gasteiger partial charge >= 0.3 is 0 Å². The van der Waals surface area contributed by atoms with Crippen LogP contribution in [0.5, 0.6) is 5.75 Å². The van der Waals surface area contributed by atoms with Gasteiger partial charge in [0.15, 0.2) is 11.6 Å². The number of amides is 2. The average Bonchev–Trinajstić information content (AvgIpc) is 2.64. The normalized spacial score (nSPS) is 18.9. The molecule has 1 aliphatic heterocycles. The molecule has 3 rings (SSSR count). The standard InChI is InChI=1S/C19H20FN3O3/c1-3-4-12-23-16-15(6-5-11-21-16)26-19(2,18(23)25)17(24)22-14-9-7-13(20)8-10-14/h5-11H,3-4,12H2,1-2H3,(H,22,24)/t19-/m0/s1. The predicted octanol–water partition coefficient (Wildman–Crippen LogP) is 3.14. The zero-order valence-electron chi connectivity index (χ0n) is 14.7. The average molecular weight is 357 g/mol. The van der Waals surface area contributed by atoms with Crippen molar-refractivity contribution >= 4 is 23.3 Å². The van der Waals surface area contributed by atoms with Crippen molar-refractivity contribution in [3.05, 3.63) is 48.4 Å². The number of hydrogen-bond acceptors (Lipinski definition) is 4. The molecule has 7 heteroatoms. The van der Waals surface area contributed by atoms with Gasteiger partial charge in [-0.15, -0.1) is 0 Å². The van der Waals surface area contributed by atoms with Crippen LogP contribution in [-0.4, -0.2) is 28.9 Å². The number of carbonyl (C=O) groups excluding carboxylic acids is 2. The van der Waals surface area contributed by atoms with Gasteiger partial charge in [-0.2, -0.15) is 0 Å². The van der Waals surface area contributed by atoms with Gasteiger partial charge in [0.2, 0.25) is 0 Å². The first kappa shape index (κ1) is 17.8. The molecule has 0 aliphatic carbocycles. The fourth-order valence-electron chi connectivity index (χ4n) is 2.73. The highest BCUT2D eigenvalue weighted by atomic mass is 19.1. The number of halogens is 1. The Balaban J connectivity index is 1.91. The van der Waals surface area contributed by atoms with E-state index >= 15 is 0 Å². The summed E-state index contributed by atoms with van der Waals surface area (Å²) in [5, 5.41) is 2.62. The van der Waals surface area contributed by atoms with Crippen LogP contribution in [0, 0.1) is 5.82 Å². The number of anilines is 2. The zero-order valence-corrected chi connectivity index (χ0v) is 14.7. The Labute approximate surface area is 151 Å². The Hall–Kier alpha value is -2.96. The highest BCUT2D eigenvalue weighted by Gasteiger charge is 2.51. The van der Waals surface area contributed by atoms with E-state index in [1.54, 1.807) is 18.3 Å². The third-order valence-electron chi connectivity index (χ3n) is 4.24. The van der Waals surface area contributed by atoms with Crippen LogP contribution >= 0.6 is 0 Å². The van der Waals surface area contributed by atoms with Crippen LogP contribution in [0.25, 0.3) is 0 Å². The predicted molar refractivity (Wildman–Crippen MR) is 95.6 cm³/mol. The number of pyridine rings is 1. The van der Waals surface area contributed by atoms with Gasteiger partial charge in [-0.3, -0.25) is 14.5 Å². The van der Waals surface area contributed by atoms with Gasteiger partial charge in [-0.1, -0.05) is 13.3 Å². The van der Waals surface area contributed by atoms with Gasteiger partial charge in [-0.05, 0) is 49.7 Å². The molecule has 1 aliphatic rings. The molecule has 2 aromatic rings. The number of aromatic nitrogens is 1. The van der Waals surface area contributed by atoms with Crippen molar-refractivity contribution in [1.29, 1.82) is 0 Å². The maximum absolute atomic E-state index is 13.0. The largest absolute Gasteiger partial charge is 0.464 e. The lowest BCUT2D eigenvalue weighted by atomic mass is 10.0. The summed E-state index contributed by atoms with van der Waals surface area (Å²) in [6.07, 6.45) is 3.25. The number of unbranched alkanes of at least 4 members (excludes halogenated alkanes) is 1. The van der Waals surface area contributed by atoms with Gasteiger partial charge in [0.1, 0.15) is 5.82 Å². The molecule has 0 saturated heterocycles. The van der Waals surface area contributed by atoms with Crippen molar-refractivity contribution in [3.8, 4) is 5.75 Å². The van der Waals surface area contributed by atoms with Crippen LogP contribution in [-0.2, 0) is 9.59 Å². The Morgan fingerprint density at radius 1 is 1.31 bits per heavy atom. The molecule has 1 atom stereocenters. The molecule has 2 amide bonds. The molecule has 0 unspecified atom stereocenters. The van der Waals surface area contributed by atoms with Crippen LogP contribution in [0.15, 0.2) is 42.6 Å². The minimum atomic E-state index is -1.74. The minimum Gasteiger partial charge on any atom is -0.464 e. The van der Waals surface area contributed by atoms with Crippen LogP contribution < -0.4 is 15.0 Å². The van der Waals surface area contributed by atoms with E-state index in [0.717, 1.165) is 12.8 Å². The fourth-order valence-corrected chi connectivity index (χ4v) is 2.73. The molecule has 0 fully saturated rings. The molecular formula is C19H20FN3O3. The second-order valence-corrected chi connectivity index (χ2v) is 6.23. The van der Waals surface area contributed by atoms with Crippen molar-refractivity contribution in [2.45, 2.75) is 32.3 Å². The van der Waals surface area contributed by atoms with Crippen molar-refractivity contribution in [3.63, 3.8) is 0 Å². The lowest BCUT2D eigenvalue weighted by Gasteiger charge is -2.38. The first-order valence-electron chi connectivity index (χ1n) is 8.48. The summed E-state index contributed by atoms with van der Waals surface area (Å²) in [5.41, 5.74) is -1.36. The number of ether oxygens (including phenoxy) is 1. The van der Waals surface area contributed by atoms with Gasteiger partial charge < -0.3 is 10.1 Å². The van der Waals surface area contributed by atoms with Crippen molar-refractivity contribution in [2.75, 3.05) is 16.8 Å². The van der Waals surface area contributed by atoms with Gasteiger partial charge in [0.05, 0.1) is 0 Å². The summed E-state index contributed by atoms with van der Waals surface area (Å²) in [4.78, 5) is 31.6. The smallest absolute Gasteiger partial charge is 0.282 e. The van der Waals surface area contributed by atoms with E-state index in [9.17, 15) is 14.0 Å². The Morgan fingerprint density at radius 3 is 2.73 bits per heavy atom. The highest BCUT2D eigenvalue weighted by molar-refractivity contribution is 6.19. The number of nitrogens with zero attached hydrogens (tertiary/aromatic N) is 2. The van der Waals surface area contributed by atoms with Gasteiger partial charge in [0.25, 0.3) is 17.4 Å². The second-order valence-electron chi connectivity index (χ2n) is 6.23. The zero-order chi connectivity index (χ0) is 18.7. The summed E-state index contributed by atoms with van der Waals surface area (Å²) in [7, 11) is 0. The molecular weight excluding hydrogens is 337 g/mol. The Kier molecular flexibility index (Phi) is 4.88. The minimum absolute atomic E-state index is 0.375. The SMILES string of the molecule is CCCCN1C(=O)[C@](C)(C(=O)Nc2ccc(F)cc2)Oc2cccnc21. The number of hydrogen-bond donors (Lipinski definition) is 1. The molecule has 26 heavy (non-hydrogen) atoms. The molecule has 0 radical (unpaired) electrons. The third-order valence-corrected chi connectivity index (χ3v) is 4.24. The van der Waals surface area contributed by atoms with E-state index in [1.807, 2.05) is 6.92 Å². The van der Waals surface area contributed by atoms with Crippen LogP contribution in [0.2, 0.25) is 0 Å². The molecule has 0 saturated carbocycles. The highest BCUT2D eigenvalue weighted by Crippen LogP contribution is 2.36. The molecule has 0 spiro atoms. The monoisotopic (exact) mass is 357 g/mol. The van der Waals surface area contributed by atoms with E-state index in [4.69, 9.17) is 4.74 Å². The second kappa shape index (κ2) is 7.11. The Bertz CT molecular complexity index is 825. The molecule has 0 bridgehead atoms. The molecule has 2 heterocycles. The maximum Gasteiger partial charge on any atom is 0.282 e. The first-order chi connectivity index (χ1) is 12.5. The number of rotatable bonds is 5. The summed E-state index contributed by atoms with van der Waals surface area (Å²) >= 11 is 0. The van der Waals surface area contributed by atoms with Crippen LogP contribution in [0.3, 0.4) is 0 Å². The van der Waals surface area contributed by atoms with Crippen LogP contribution in [0.4, 0.5) is 15.9 Å². The summed E-state index contributed by atoms with van der Waals surface area (Å²) < 4.78 is 18.8. The fraction of sp³-hybridized carbons (Fsp3) is 0.316. The van der Waals surface area contributed by atoms with Crippen molar-refractivity contribution < 1.29 is 18.7 Å². The van der Waals surface area contributed by atoms with Gasteiger partial charge in [0, 0.05) is 18.4 Å². The molecule has 136 valence electrons. The molecule has 1 N–H and O–H groups in total. The van der Waals surface area contributed by atoms with E-state index in [0.29, 0.717) is 23.8 Å². The van der Waals surface area contributed by atoms with E-state index in [1.165, 1.54) is 36.1 Å². The number of nitrogens with one attached hydrogen (secondary N) is 1. The third kappa shape index (κ3) is 3.24. The summed E-state index contributed by atoms with van der Waals surface area (Å²) in [5.74, 6) is -0.718. The first-order valence-corrected chi connectivity index (χ1v) is 8.48. The summed E-state index contributed by atoms with van der Waals surface area (Å²) in [6.45, 7) is 3.90. The van der Waals surface area contributed by atoms with E-state index < -0.39 is 23.2 Å². The topological polar surface area (TPSA) is 71.5 Å².